The fourth-order valence-corrected chi connectivity index (χ4v) is 0.553. The Labute approximate surface area is 57.3 Å². The van der Waals surface area contributed by atoms with E-state index in [-0.39, 0.29) is 0 Å². The van der Waals surface area contributed by atoms with Crippen LogP contribution in [0.2, 0.25) is 0 Å². The Balaban J connectivity index is 3.37. The summed E-state index contributed by atoms with van der Waals surface area (Å²) in [6, 6.07) is 0. The van der Waals surface area contributed by atoms with Crippen molar-refractivity contribution in [3.05, 3.63) is 24.3 Å². The van der Waals surface area contributed by atoms with Crippen LogP contribution < -0.4 is 5.73 Å². The fraction of sp³-hybridized carbons (Fsp3) is 0.500. The van der Waals surface area contributed by atoms with Gasteiger partial charge in [-0.25, -0.2) is 0 Å². The van der Waals surface area contributed by atoms with Crippen LogP contribution in [0.4, 0.5) is 0 Å². The molecule has 0 heterocycles. The van der Waals surface area contributed by atoms with Gasteiger partial charge in [-0.05, 0) is 19.4 Å². The van der Waals surface area contributed by atoms with Crippen LogP contribution in [-0.2, 0) is 0 Å². The molecule has 0 saturated carbocycles. The SMILES string of the molecule is C=C(/C=C/CC)CCN. The van der Waals surface area contributed by atoms with Crippen LogP contribution in [0.25, 0.3) is 0 Å². The van der Waals surface area contributed by atoms with Crippen LogP contribution in [-0.4, -0.2) is 6.54 Å². The first kappa shape index (κ1) is 8.44. The Kier molecular flexibility index (Phi) is 5.23. The second kappa shape index (κ2) is 5.57. The number of allylic oxidation sites excluding steroid dienone is 2. The second-order valence-corrected chi connectivity index (χ2v) is 2.01. The molecule has 0 radical (unpaired) electrons. The molecule has 1 heteroatoms. The van der Waals surface area contributed by atoms with Crippen molar-refractivity contribution in [2.45, 2.75) is 19.8 Å². The normalized spacial score (nSPS) is 10.4. The van der Waals surface area contributed by atoms with Crippen molar-refractivity contribution < 1.29 is 0 Å². The first-order chi connectivity index (χ1) is 4.31. The van der Waals surface area contributed by atoms with Crippen LogP contribution in [0.15, 0.2) is 24.3 Å². The predicted molar refractivity (Wildman–Crippen MR) is 42.2 cm³/mol. The molecular formula is C8H15N. The molecule has 0 aromatic carbocycles. The Hall–Kier alpha value is -0.560. The summed E-state index contributed by atoms with van der Waals surface area (Å²) >= 11 is 0. The predicted octanol–water partition coefficient (Wildman–Crippen LogP) is 1.86. The minimum Gasteiger partial charge on any atom is -0.330 e. The van der Waals surface area contributed by atoms with Crippen LogP contribution in [0.3, 0.4) is 0 Å². The Morgan fingerprint density at radius 3 is 2.78 bits per heavy atom. The lowest BCUT2D eigenvalue weighted by Gasteiger charge is -1.92. The van der Waals surface area contributed by atoms with Crippen molar-refractivity contribution in [1.82, 2.24) is 0 Å². The Morgan fingerprint density at radius 2 is 2.33 bits per heavy atom. The van der Waals surface area contributed by atoms with E-state index in [2.05, 4.69) is 19.6 Å². The zero-order valence-electron chi connectivity index (χ0n) is 6.06. The summed E-state index contributed by atoms with van der Waals surface area (Å²) in [6.07, 6.45) is 6.12. The first-order valence-corrected chi connectivity index (χ1v) is 3.35. The van der Waals surface area contributed by atoms with E-state index in [4.69, 9.17) is 5.73 Å². The van der Waals surface area contributed by atoms with Gasteiger partial charge in [0.15, 0.2) is 0 Å². The van der Waals surface area contributed by atoms with Gasteiger partial charge in [-0.1, -0.05) is 31.2 Å². The summed E-state index contributed by atoms with van der Waals surface area (Å²) in [5.74, 6) is 0. The lowest BCUT2D eigenvalue weighted by atomic mass is 10.2. The maximum Gasteiger partial charge on any atom is -0.00369 e. The number of nitrogens with two attached hydrogens (primary N) is 1. The smallest absolute Gasteiger partial charge is 0.00369 e. The molecule has 0 amide bonds. The Morgan fingerprint density at radius 1 is 1.67 bits per heavy atom. The van der Waals surface area contributed by atoms with Crippen molar-refractivity contribution in [3.63, 3.8) is 0 Å². The summed E-state index contributed by atoms with van der Waals surface area (Å²) in [4.78, 5) is 0. The van der Waals surface area contributed by atoms with E-state index < -0.39 is 0 Å². The van der Waals surface area contributed by atoms with E-state index in [9.17, 15) is 0 Å². The molecular weight excluding hydrogens is 110 g/mol. The molecule has 1 nitrogen and oxygen atoms in total. The molecule has 0 saturated heterocycles. The van der Waals surface area contributed by atoms with Gasteiger partial charge in [0.1, 0.15) is 0 Å². The monoisotopic (exact) mass is 125 g/mol. The maximum absolute atomic E-state index is 5.31. The summed E-state index contributed by atoms with van der Waals surface area (Å²) in [7, 11) is 0. The average Bonchev–Trinajstić information content (AvgIpc) is 1.85. The zero-order valence-corrected chi connectivity index (χ0v) is 6.06. The van der Waals surface area contributed by atoms with Gasteiger partial charge in [0.05, 0.1) is 0 Å². The maximum atomic E-state index is 5.31. The van der Waals surface area contributed by atoms with Gasteiger partial charge in [0, 0.05) is 0 Å². The molecule has 0 spiro atoms. The number of rotatable bonds is 4. The van der Waals surface area contributed by atoms with Crippen LogP contribution in [0, 0.1) is 0 Å². The highest BCUT2D eigenvalue weighted by molar-refractivity contribution is 5.13. The van der Waals surface area contributed by atoms with Crippen molar-refractivity contribution >= 4 is 0 Å². The topological polar surface area (TPSA) is 26.0 Å². The molecule has 0 aromatic heterocycles. The van der Waals surface area contributed by atoms with E-state index in [1.54, 1.807) is 0 Å². The van der Waals surface area contributed by atoms with Gasteiger partial charge in [-0.15, -0.1) is 0 Å². The summed E-state index contributed by atoms with van der Waals surface area (Å²) in [6.45, 7) is 6.62. The molecule has 0 aliphatic heterocycles. The largest absolute Gasteiger partial charge is 0.330 e. The highest BCUT2D eigenvalue weighted by atomic mass is 14.5. The van der Waals surface area contributed by atoms with Gasteiger partial charge >= 0.3 is 0 Å². The van der Waals surface area contributed by atoms with Gasteiger partial charge in [-0.3, -0.25) is 0 Å². The van der Waals surface area contributed by atoms with E-state index in [1.165, 1.54) is 0 Å². The van der Waals surface area contributed by atoms with E-state index >= 15 is 0 Å². The van der Waals surface area contributed by atoms with Crippen LogP contribution in [0.5, 0.6) is 0 Å². The van der Waals surface area contributed by atoms with Gasteiger partial charge in [0.25, 0.3) is 0 Å². The molecule has 0 aliphatic rings. The van der Waals surface area contributed by atoms with Gasteiger partial charge in [0.2, 0.25) is 0 Å². The Bertz CT molecular complexity index is 103. The molecule has 0 fully saturated rings. The lowest BCUT2D eigenvalue weighted by Crippen LogP contribution is -1.98. The molecule has 2 N–H and O–H groups in total. The van der Waals surface area contributed by atoms with Crippen LogP contribution >= 0.6 is 0 Å². The third-order valence-electron chi connectivity index (χ3n) is 1.05. The van der Waals surface area contributed by atoms with E-state index in [0.29, 0.717) is 6.54 Å². The zero-order chi connectivity index (χ0) is 7.11. The number of hydrogen-bond donors (Lipinski definition) is 1. The fourth-order valence-electron chi connectivity index (χ4n) is 0.553. The minimum absolute atomic E-state index is 0.701. The van der Waals surface area contributed by atoms with Gasteiger partial charge < -0.3 is 5.73 Å². The van der Waals surface area contributed by atoms with Gasteiger partial charge in [-0.2, -0.15) is 0 Å². The van der Waals surface area contributed by atoms with E-state index in [0.717, 1.165) is 18.4 Å². The quantitative estimate of drug-likeness (QED) is 0.570. The lowest BCUT2D eigenvalue weighted by molar-refractivity contribution is 0.975. The van der Waals surface area contributed by atoms with Crippen molar-refractivity contribution in [2.24, 2.45) is 5.73 Å². The molecule has 9 heavy (non-hydrogen) atoms. The first-order valence-electron chi connectivity index (χ1n) is 3.35. The van der Waals surface area contributed by atoms with E-state index in [1.807, 2.05) is 6.08 Å². The molecule has 0 aliphatic carbocycles. The van der Waals surface area contributed by atoms with Crippen molar-refractivity contribution in [1.29, 1.82) is 0 Å². The summed E-state index contributed by atoms with van der Waals surface area (Å²) in [5, 5.41) is 0. The average molecular weight is 125 g/mol. The summed E-state index contributed by atoms with van der Waals surface area (Å²) in [5.41, 5.74) is 6.43. The molecule has 52 valence electrons. The third kappa shape index (κ3) is 5.31. The second-order valence-electron chi connectivity index (χ2n) is 2.01. The molecule has 0 rings (SSSR count). The molecule has 0 atom stereocenters. The molecule has 0 unspecified atom stereocenters. The standard InChI is InChI=1S/C8H15N/c1-3-4-5-8(2)6-7-9/h4-5H,2-3,6-7,9H2,1H3/b5-4+. The number of hydrogen-bond acceptors (Lipinski definition) is 1. The minimum atomic E-state index is 0.701. The highest BCUT2D eigenvalue weighted by Gasteiger charge is 1.82. The summed E-state index contributed by atoms with van der Waals surface area (Å²) < 4.78 is 0. The van der Waals surface area contributed by atoms with Crippen molar-refractivity contribution in [3.8, 4) is 0 Å². The van der Waals surface area contributed by atoms with Crippen LogP contribution in [0.1, 0.15) is 19.8 Å². The van der Waals surface area contributed by atoms with Crippen molar-refractivity contribution in [2.75, 3.05) is 6.54 Å². The highest BCUT2D eigenvalue weighted by Crippen LogP contribution is 1.97. The molecule has 0 aromatic rings. The third-order valence-corrected chi connectivity index (χ3v) is 1.05. The molecule has 0 bridgehead atoms.